The van der Waals surface area contributed by atoms with Gasteiger partial charge in [-0.15, -0.1) is 0 Å². The first-order valence-electron chi connectivity index (χ1n) is 6.94. The maximum Gasteiger partial charge on any atom is 0.161 e. The molecule has 21 heavy (non-hydrogen) atoms. The monoisotopic (exact) mass is 343 g/mol. The molecule has 1 aliphatic rings. The average Bonchev–Trinajstić information content (AvgIpc) is 3.06. The highest BCUT2D eigenvalue weighted by Crippen LogP contribution is 2.38. The van der Waals surface area contributed by atoms with E-state index in [-0.39, 0.29) is 6.04 Å². The average molecular weight is 344 g/mol. The predicted molar refractivity (Wildman–Crippen MR) is 84.7 cm³/mol. The molecule has 1 unspecified atom stereocenters. The van der Waals surface area contributed by atoms with E-state index in [1.807, 2.05) is 24.3 Å². The first kappa shape index (κ1) is 12.8. The fraction of sp³-hybridized carbons (Fsp3) is 0.250. The Kier molecular flexibility index (Phi) is 2.96. The summed E-state index contributed by atoms with van der Waals surface area (Å²) in [7, 11) is 1.72. The Bertz CT molecular complexity index is 828. The zero-order valence-electron chi connectivity index (χ0n) is 11.6. The molecule has 0 saturated carbocycles. The van der Waals surface area contributed by atoms with Crippen LogP contribution in [0.25, 0.3) is 11.2 Å². The van der Waals surface area contributed by atoms with Crippen LogP contribution in [-0.2, 0) is 6.42 Å². The molecular weight excluding hydrogens is 330 g/mol. The number of methoxy groups -OCH3 is 1. The molecule has 0 aliphatic carbocycles. The van der Waals surface area contributed by atoms with Crippen LogP contribution in [0.1, 0.15) is 23.9 Å². The first-order valence-corrected chi connectivity index (χ1v) is 7.73. The van der Waals surface area contributed by atoms with Crippen LogP contribution >= 0.6 is 15.9 Å². The standard InChI is InChI=1S/C16H14BrN3O/c1-21-13-5-3-2-4-10(13)12-7-9-15-18-11-6-8-14(17)19-16(11)20(12)15/h2-6,8,12H,7,9H2,1H3. The van der Waals surface area contributed by atoms with Gasteiger partial charge < -0.3 is 9.30 Å². The Balaban J connectivity index is 1.93. The summed E-state index contributed by atoms with van der Waals surface area (Å²) in [5.74, 6) is 2.03. The first-order chi connectivity index (χ1) is 10.3. The fourth-order valence-corrected chi connectivity index (χ4v) is 3.43. The van der Waals surface area contributed by atoms with Gasteiger partial charge in [-0.2, -0.15) is 0 Å². The van der Waals surface area contributed by atoms with Crippen LogP contribution in [0.15, 0.2) is 41.0 Å². The second kappa shape index (κ2) is 4.84. The van der Waals surface area contributed by atoms with Gasteiger partial charge in [0.15, 0.2) is 5.65 Å². The van der Waals surface area contributed by atoms with E-state index in [1.165, 1.54) is 5.56 Å². The molecule has 0 amide bonds. The van der Waals surface area contributed by atoms with E-state index in [2.05, 4.69) is 37.6 Å². The lowest BCUT2D eigenvalue weighted by Gasteiger charge is -2.17. The number of pyridine rings is 1. The van der Waals surface area contributed by atoms with Gasteiger partial charge in [0.25, 0.3) is 0 Å². The van der Waals surface area contributed by atoms with Gasteiger partial charge in [0.2, 0.25) is 0 Å². The van der Waals surface area contributed by atoms with E-state index in [9.17, 15) is 0 Å². The molecule has 1 atom stereocenters. The minimum Gasteiger partial charge on any atom is -0.496 e. The Labute approximate surface area is 130 Å². The number of halogens is 1. The fourth-order valence-electron chi connectivity index (χ4n) is 3.13. The molecule has 0 N–H and O–H groups in total. The highest BCUT2D eigenvalue weighted by molar-refractivity contribution is 9.10. The second-order valence-corrected chi connectivity index (χ2v) is 5.98. The summed E-state index contributed by atoms with van der Waals surface area (Å²) in [6.45, 7) is 0. The van der Waals surface area contributed by atoms with Crippen LogP contribution in [0, 0.1) is 0 Å². The summed E-state index contributed by atoms with van der Waals surface area (Å²) in [4.78, 5) is 9.32. The molecule has 4 rings (SSSR count). The molecule has 0 saturated heterocycles. The summed E-state index contributed by atoms with van der Waals surface area (Å²) in [5.41, 5.74) is 3.08. The predicted octanol–water partition coefficient (Wildman–Crippen LogP) is 3.74. The van der Waals surface area contributed by atoms with E-state index >= 15 is 0 Å². The molecule has 0 radical (unpaired) electrons. The summed E-state index contributed by atoms with van der Waals surface area (Å²) in [6.07, 6.45) is 2.00. The summed E-state index contributed by atoms with van der Waals surface area (Å²) in [6, 6.07) is 12.4. The zero-order chi connectivity index (χ0) is 14.4. The molecular formula is C16H14BrN3O. The SMILES string of the molecule is COc1ccccc1C1CCc2nc3ccc(Br)nc3n21. The van der Waals surface area contributed by atoms with Gasteiger partial charge in [-0.05, 0) is 40.5 Å². The van der Waals surface area contributed by atoms with Crippen molar-refractivity contribution in [1.29, 1.82) is 0 Å². The minimum atomic E-state index is 0.239. The van der Waals surface area contributed by atoms with Crippen molar-refractivity contribution >= 4 is 27.1 Å². The number of ether oxygens (including phenoxy) is 1. The van der Waals surface area contributed by atoms with Gasteiger partial charge in [0.1, 0.15) is 21.7 Å². The lowest BCUT2D eigenvalue weighted by Crippen LogP contribution is -2.08. The van der Waals surface area contributed by atoms with Crippen LogP contribution in [0.2, 0.25) is 0 Å². The number of aromatic nitrogens is 3. The molecule has 0 spiro atoms. The second-order valence-electron chi connectivity index (χ2n) is 5.17. The lowest BCUT2D eigenvalue weighted by atomic mass is 10.0. The Hall–Kier alpha value is -1.88. The number of hydrogen-bond donors (Lipinski definition) is 0. The van der Waals surface area contributed by atoms with Gasteiger partial charge in [-0.3, -0.25) is 0 Å². The van der Waals surface area contributed by atoms with Crippen molar-refractivity contribution in [2.75, 3.05) is 7.11 Å². The molecule has 0 fully saturated rings. The number of para-hydroxylation sites is 1. The molecule has 1 aliphatic heterocycles. The number of benzene rings is 1. The van der Waals surface area contributed by atoms with E-state index in [1.54, 1.807) is 7.11 Å². The van der Waals surface area contributed by atoms with Gasteiger partial charge in [0.05, 0.1) is 13.2 Å². The van der Waals surface area contributed by atoms with Gasteiger partial charge in [0, 0.05) is 12.0 Å². The highest BCUT2D eigenvalue weighted by Gasteiger charge is 2.29. The van der Waals surface area contributed by atoms with Crippen LogP contribution in [0.5, 0.6) is 5.75 Å². The van der Waals surface area contributed by atoms with Crippen molar-refractivity contribution in [3.05, 3.63) is 52.4 Å². The van der Waals surface area contributed by atoms with Gasteiger partial charge >= 0.3 is 0 Å². The van der Waals surface area contributed by atoms with Crippen LogP contribution in [-0.4, -0.2) is 21.6 Å². The van der Waals surface area contributed by atoms with Crippen molar-refractivity contribution in [3.8, 4) is 5.75 Å². The number of nitrogens with zero attached hydrogens (tertiary/aromatic N) is 3. The van der Waals surface area contributed by atoms with Crippen molar-refractivity contribution in [2.45, 2.75) is 18.9 Å². The summed E-state index contributed by atoms with van der Waals surface area (Å²) in [5, 5.41) is 0. The number of aryl methyl sites for hydroxylation is 1. The van der Waals surface area contributed by atoms with Crippen molar-refractivity contribution in [3.63, 3.8) is 0 Å². The van der Waals surface area contributed by atoms with Gasteiger partial charge in [-0.25, -0.2) is 9.97 Å². The Morgan fingerprint density at radius 3 is 2.90 bits per heavy atom. The number of imidazole rings is 1. The molecule has 0 bridgehead atoms. The number of rotatable bonds is 2. The summed E-state index contributed by atoms with van der Waals surface area (Å²) >= 11 is 3.45. The minimum absolute atomic E-state index is 0.239. The van der Waals surface area contributed by atoms with E-state index < -0.39 is 0 Å². The van der Waals surface area contributed by atoms with E-state index in [0.717, 1.165) is 40.2 Å². The van der Waals surface area contributed by atoms with E-state index in [4.69, 9.17) is 9.72 Å². The van der Waals surface area contributed by atoms with Crippen molar-refractivity contribution in [2.24, 2.45) is 0 Å². The zero-order valence-corrected chi connectivity index (χ0v) is 13.2. The van der Waals surface area contributed by atoms with Crippen molar-refractivity contribution < 1.29 is 4.74 Å². The van der Waals surface area contributed by atoms with Crippen LogP contribution < -0.4 is 4.74 Å². The maximum atomic E-state index is 5.52. The molecule has 1 aromatic carbocycles. The topological polar surface area (TPSA) is 39.9 Å². The number of hydrogen-bond acceptors (Lipinski definition) is 3. The van der Waals surface area contributed by atoms with E-state index in [0.29, 0.717) is 0 Å². The van der Waals surface area contributed by atoms with Crippen LogP contribution in [0.3, 0.4) is 0 Å². The Morgan fingerprint density at radius 1 is 1.19 bits per heavy atom. The summed E-state index contributed by atoms with van der Waals surface area (Å²) < 4.78 is 8.61. The molecule has 106 valence electrons. The largest absolute Gasteiger partial charge is 0.496 e. The Morgan fingerprint density at radius 2 is 2.05 bits per heavy atom. The molecule has 5 heteroatoms. The third-order valence-electron chi connectivity index (χ3n) is 4.03. The third kappa shape index (κ3) is 1.95. The quantitative estimate of drug-likeness (QED) is 0.665. The molecule has 3 heterocycles. The third-order valence-corrected chi connectivity index (χ3v) is 4.47. The molecule has 4 nitrogen and oxygen atoms in total. The molecule has 2 aromatic heterocycles. The highest BCUT2D eigenvalue weighted by atomic mass is 79.9. The van der Waals surface area contributed by atoms with Crippen LogP contribution in [0.4, 0.5) is 0 Å². The van der Waals surface area contributed by atoms with Gasteiger partial charge in [-0.1, -0.05) is 18.2 Å². The number of fused-ring (bicyclic) bond motifs is 3. The van der Waals surface area contributed by atoms with Crippen molar-refractivity contribution in [1.82, 2.24) is 14.5 Å². The normalized spacial score (nSPS) is 17.1. The lowest BCUT2D eigenvalue weighted by molar-refractivity contribution is 0.403. The molecule has 3 aromatic rings. The smallest absolute Gasteiger partial charge is 0.161 e. The maximum absolute atomic E-state index is 5.52.